The molecule has 0 bridgehead atoms. The molecule has 0 aliphatic carbocycles. The molecule has 0 aromatic heterocycles. The summed E-state index contributed by atoms with van der Waals surface area (Å²) in [6.45, 7) is 22.3. The number of hydrogen-bond donors (Lipinski definition) is 3. The van der Waals surface area contributed by atoms with Gasteiger partial charge in [0.05, 0.1) is 0 Å². The minimum absolute atomic E-state index is 0.00304. The van der Waals surface area contributed by atoms with E-state index in [0.717, 1.165) is 33.4 Å². The van der Waals surface area contributed by atoms with Crippen molar-refractivity contribution < 1.29 is 32.5 Å². The maximum absolute atomic E-state index is 14.7. The molecule has 0 saturated heterocycles. The number of carbonyl (C=O) groups excluding carboxylic acids is 3. The molecule has 0 heterocycles. The molecule has 0 aliphatic heterocycles. The molecule has 6 aromatic rings. The van der Waals surface area contributed by atoms with Gasteiger partial charge in [-0.15, -0.1) is 0 Å². The Labute approximate surface area is 381 Å². The summed E-state index contributed by atoms with van der Waals surface area (Å²) in [5, 5.41) is 8.48. The van der Waals surface area contributed by atoms with E-state index in [9.17, 15) is 18.9 Å². The molecule has 3 amide bonds. The predicted octanol–water partition coefficient (Wildman–Crippen LogP) is 13.3. The SMILES string of the molecule is C=C(C)C(=O)Nc1ccc(C(C)c2ccc(OP(=O)(Oc3ccc(C(C)c4ccc(NC(=O)C(=C)C)cc4)cc3)Oc3ccc(C(C)c4ccc(NC(=O)C(=C)C)cc4)cc3)cc2)cc1. The van der Waals surface area contributed by atoms with Crippen LogP contribution in [0.2, 0.25) is 0 Å². The summed E-state index contributed by atoms with van der Waals surface area (Å²) in [6, 6.07) is 44.6. The summed E-state index contributed by atoms with van der Waals surface area (Å²) in [7, 11) is -4.37. The first-order chi connectivity index (χ1) is 31.0. The zero-order chi connectivity index (χ0) is 46.8. The molecular formula is C54H54N3O7P. The van der Waals surface area contributed by atoms with Crippen molar-refractivity contribution in [2.75, 3.05) is 16.0 Å². The molecule has 0 radical (unpaired) electrons. The third-order valence-corrected chi connectivity index (χ3v) is 12.3. The fourth-order valence-electron chi connectivity index (χ4n) is 6.75. The smallest absolute Gasteiger partial charge is 0.386 e. The second kappa shape index (κ2) is 20.8. The molecule has 11 heteroatoms. The largest absolute Gasteiger partial charge is 0.647 e. The van der Waals surface area contributed by atoms with Gasteiger partial charge >= 0.3 is 7.82 Å². The van der Waals surface area contributed by atoms with E-state index in [1.807, 2.05) is 109 Å². The first kappa shape index (κ1) is 47.1. The Morgan fingerprint density at radius 3 is 0.754 bits per heavy atom. The van der Waals surface area contributed by atoms with Gasteiger partial charge in [0.1, 0.15) is 17.2 Å². The molecule has 3 N–H and O–H groups in total. The van der Waals surface area contributed by atoms with Gasteiger partial charge in [-0.05, 0) is 127 Å². The number of rotatable bonds is 18. The topological polar surface area (TPSA) is 132 Å². The van der Waals surface area contributed by atoms with Crippen LogP contribution in [0.3, 0.4) is 0 Å². The second-order valence-electron chi connectivity index (χ2n) is 16.2. The number of benzene rings is 6. The van der Waals surface area contributed by atoms with Gasteiger partial charge in [0.2, 0.25) is 0 Å². The van der Waals surface area contributed by atoms with Crippen molar-refractivity contribution in [3.63, 3.8) is 0 Å². The molecule has 0 aliphatic rings. The van der Waals surface area contributed by atoms with Crippen LogP contribution in [-0.2, 0) is 18.9 Å². The third-order valence-electron chi connectivity index (χ3n) is 11.0. The van der Waals surface area contributed by atoms with Gasteiger partial charge in [-0.2, -0.15) is 4.57 Å². The summed E-state index contributed by atoms with van der Waals surface area (Å²) in [5.41, 5.74) is 9.37. The predicted molar refractivity (Wildman–Crippen MR) is 261 cm³/mol. The van der Waals surface area contributed by atoms with E-state index in [1.165, 1.54) is 0 Å². The molecule has 0 fully saturated rings. The molecule has 10 nitrogen and oxygen atoms in total. The highest BCUT2D eigenvalue weighted by Gasteiger charge is 2.33. The molecule has 3 unspecified atom stereocenters. The Balaban J connectivity index is 1.19. The van der Waals surface area contributed by atoms with Crippen LogP contribution in [0.25, 0.3) is 0 Å². The van der Waals surface area contributed by atoms with Crippen molar-refractivity contribution in [3.8, 4) is 17.2 Å². The van der Waals surface area contributed by atoms with E-state index < -0.39 is 7.82 Å². The van der Waals surface area contributed by atoms with Crippen LogP contribution in [0.15, 0.2) is 182 Å². The quantitative estimate of drug-likeness (QED) is 0.0578. The average molecular weight is 888 g/mol. The van der Waals surface area contributed by atoms with Gasteiger partial charge in [0, 0.05) is 51.5 Å². The highest BCUT2D eigenvalue weighted by atomic mass is 31.2. The molecule has 3 atom stereocenters. The van der Waals surface area contributed by atoms with Gasteiger partial charge in [0.15, 0.2) is 0 Å². The second-order valence-corrected chi connectivity index (χ2v) is 17.6. The maximum Gasteiger partial charge on any atom is 0.647 e. The normalized spacial score (nSPS) is 13.1. The molecular weight excluding hydrogens is 834 g/mol. The number of hydrogen-bond acceptors (Lipinski definition) is 7. The number of nitrogens with one attached hydrogen (secondary N) is 3. The van der Waals surface area contributed by atoms with E-state index in [0.29, 0.717) is 33.8 Å². The lowest BCUT2D eigenvalue weighted by Crippen LogP contribution is -2.11. The van der Waals surface area contributed by atoms with Crippen molar-refractivity contribution in [2.24, 2.45) is 0 Å². The number of anilines is 3. The van der Waals surface area contributed by atoms with Crippen LogP contribution in [0.4, 0.5) is 17.1 Å². The van der Waals surface area contributed by atoms with Crippen LogP contribution in [0.5, 0.6) is 17.2 Å². The van der Waals surface area contributed by atoms with Gasteiger partial charge in [0.25, 0.3) is 17.7 Å². The van der Waals surface area contributed by atoms with Gasteiger partial charge in [-0.25, -0.2) is 0 Å². The first-order valence-electron chi connectivity index (χ1n) is 21.2. The lowest BCUT2D eigenvalue weighted by Gasteiger charge is -2.21. The van der Waals surface area contributed by atoms with Crippen LogP contribution in [0.1, 0.15) is 92.7 Å². The average Bonchev–Trinajstić information content (AvgIpc) is 3.29. The van der Waals surface area contributed by atoms with E-state index in [1.54, 1.807) is 57.2 Å². The van der Waals surface area contributed by atoms with E-state index in [4.69, 9.17) is 13.6 Å². The van der Waals surface area contributed by atoms with Crippen LogP contribution in [-0.4, -0.2) is 17.7 Å². The van der Waals surface area contributed by atoms with Crippen LogP contribution in [0, 0.1) is 0 Å². The molecule has 332 valence electrons. The standard InChI is InChI=1S/C54H54N3O7P/c1-34(2)52(58)55-46-22-10-40(11-23-46)37(7)43-16-28-49(29-17-43)62-65(61,63-50-30-18-44(19-31-50)38(8)41-12-24-47(25-13-41)56-53(59)35(3)4)64-51-32-20-45(21-33-51)39(9)42-14-26-48(27-15-42)57-54(60)36(5)6/h10-33,37-39H,1,3,5H2,2,4,6-9H3,(H,55,58)(H,56,59)(H,57,60). The van der Waals surface area contributed by atoms with Crippen molar-refractivity contribution in [1.82, 2.24) is 0 Å². The molecule has 6 aromatic carbocycles. The third kappa shape index (κ3) is 12.6. The lowest BCUT2D eigenvalue weighted by atomic mass is 9.93. The Morgan fingerprint density at radius 2 is 0.569 bits per heavy atom. The zero-order valence-corrected chi connectivity index (χ0v) is 38.4. The highest BCUT2D eigenvalue weighted by Crippen LogP contribution is 2.50. The van der Waals surface area contributed by atoms with Crippen molar-refractivity contribution in [2.45, 2.75) is 59.3 Å². The minimum Gasteiger partial charge on any atom is -0.386 e. The Hall–Kier alpha value is -7.42. The summed E-state index contributed by atoms with van der Waals surface area (Å²) in [4.78, 5) is 36.2. The van der Waals surface area contributed by atoms with E-state index in [2.05, 4.69) is 56.5 Å². The Kier molecular flexibility index (Phi) is 15.1. The fourth-order valence-corrected chi connectivity index (χ4v) is 8.00. The van der Waals surface area contributed by atoms with Gasteiger partial charge in [-0.3, -0.25) is 14.4 Å². The summed E-state index contributed by atoms with van der Waals surface area (Å²) in [5.74, 6) is 0.132. The maximum atomic E-state index is 14.7. The fraction of sp³-hybridized carbons (Fsp3) is 0.167. The monoisotopic (exact) mass is 887 g/mol. The van der Waals surface area contributed by atoms with E-state index >= 15 is 0 Å². The molecule has 65 heavy (non-hydrogen) atoms. The number of phosphoric acid groups is 1. The van der Waals surface area contributed by atoms with Gasteiger partial charge < -0.3 is 29.5 Å². The molecule has 0 saturated carbocycles. The number of amides is 3. The van der Waals surface area contributed by atoms with Crippen molar-refractivity contribution >= 4 is 42.6 Å². The van der Waals surface area contributed by atoms with Gasteiger partial charge in [-0.1, -0.05) is 113 Å². The van der Waals surface area contributed by atoms with Crippen molar-refractivity contribution in [3.05, 3.63) is 215 Å². The summed E-state index contributed by atoms with van der Waals surface area (Å²) in [6.07, 6.45) is 0. The van der Waals surface area contributed by atoms with E-state index in [-0.39, 0.29) is 52.7 Å². The number of carbonyl (C=O) groups is 3. The zero-order valence-electron chi connectivity index (χ0n) is 37.5. The first-order valence-corrected chi connectivity index (χ1v) is 22.6. The van der Waals surface area contributed by atoms with Crippen LogP contribution >= 0.6 is 7.82 Å². The summed E-state index contributed by atoms with van der Waals surface area (Å²) >= 11 is 0. The summed E-state index contributed by atoms with van der Waals surface area (Å²) < 4.78 is 33.1. The number of phosphoric ester groups is 1. The molecule has 6 rings (SSSR count). The highest BCUT2D eigenvalue weighted by molar-refractivity contribution is 7.49. The minimum atomic E-state index is -4.37. The lowest BCUT2D eigenvalue weighted by molar-refractivity contribution is -0.113. The van der Waals surface area contributed by atoms with Crippen molar-refractivity contribution in [1.29, 1.82) is 0 Å². The van der Waals surface area contributed by atoms with Crippen LogP contribution < -0.4 is 29.5 Å². The Morgan fingerprint density at radius 1 is 0.385 bits per heavy atom. The molecule has 0 spiro atoms. The Bertz CT molecular complexity index is 2430.